The Kier molecular flexibility index (Phi) is 6.07. The van der Waals surface area contributed by atoms with Crippen LogP contribution in [0.15, 0.2) is 48.5 Å². The van der Waals surface area contributed by atoms with Crippen LogP contribution in [0.4, 0.5) is 13.6 Å². The lowest BCUT2D eigenvalue weighted by Gasteiger charge is -2.37. The highest BCUT2D eigenvalue weighted by Gasteiger charge is 2.38. The fraction of sp³-hybridized carbons (Fsp3) is 0.348. The number of alkyl carbamates (subject to hydrolysis) is 1. The summed E-state index contributed by atoms with van der Waals surface area (Å²) >= 11 is 0. The van der Waals surface area contributed by atoms with E-state index in [0.29, 0.717) is 0 Å². The molecular weight excluding hydrogens is 422 g/mol. The number of carbonyl (C=O) groups is 3. The Balaban J connectivity index is 1.35. The summed E-state index contributed by atoms with van der Waals surface area (Å²) < 4.78 is 32.1. The SMILES string of the molecule is O=C(NC(CC(=O)N1CC(C(=O)O)C1)C(F)F)OCC1c2ccccc2-c2ccccc21. The van der Waals surface area contributed by atoms with Crippen LogP contribution in [0, 0.1) is 5.92 Å². The summed E-state index contributed by atoms with van der Waals surface area (Å²) in [5.41, 5.74) is 4.07. The molecule has 4 rings (SSSR count). The van der Waals surface area contributed by atoms with Crippen LogP contribution in [-0.4, -0.2) is 60.1 Å². The molecule has 7 nitrogen and oxygen atoms in total. The lowest BCUT2D eigenvalue weighted by Crippen LogP contribution is -2.55. The molecule has 1 unspecified atom stereocenters. The highest BCUT2D eigenvalue weighted by molar-refractivity contribution is 5.82. The summed E-state index contributed by atoms with van der Waals surface area (Å²) in [7, 11) is 0. The zero-order valence-electron chi connectivity index (χ0n) is 17.0. The summed E-state index contributed by atoms with van der Waals surface area (Å²) in [5, 5.41) is 10.9. The maximum absolute atomic E-state index is 13.4. The molecule has 0 saturated carbocycles. The van der Waals surface area contributed by atoms with Gasteiger partial charge >= 0.3 is 12.1 Å². The molecule has 9 heteroatoms. The van der Waals surface area contributed by atoms with E-state index in [0.717, 1.165) is 22.3 Å². The molecule has 2 aliphatic rings. The predicted molar refractivity (Wildman–Crippen MR) is 110 cm³/mol. The van der Waals surface area contributed by atoms with Crippen LogP contribution in [-0.2, 0) is 14.3 Å². The third-order valence-electron chi connectivity index (χ3n) is 5.93. The van der Waals surface area contributed by atoms with Crippen LogP contribution >= 0.6 is 0 Å². The molecule has 1 atom stereocenters. The molecule has 32 heavy (non-hydrogen) atoms. The second-order valence-corrected chi connectivity index (χ2v) is 7.95. The smallest absolute Gasteiger partial charge is 0.407 e. The normalized spacial score (nSPS) is 16.2. The number of nitrogens with one attached hydrogen (secondary N) is 1. The number of rotatable bonds is 7. The fourth-order valence-electron chi connectivity index (χ4n) is 4.15. The first kappa shape index (κ1) is 21.7. The summed E-state index contributed by atoms with van der Waals surface area (Å²) in [6.45, 7) is -0.0691. The number of fused-ring (bicyclic) bond motifs is 3. The highest BCUT2D eigenvalue weighted by atomic mass is 19.3. The van der Waals surface area contributed by atoms with Gasteiger partial charge in [-0.2, -0.15) is 0 Å². The molecule has 0 spiro atoms. The van der Waals surface area contributed by atoms with Gasteiger partial charge in [-0.3, -0.25) is 9.59 Å². The first-order valence-electron chi connectivity index (χ1n) is 10.3. The van der Waals surface area contributed by atoms with Gasteiger partial charge in [0.25, 0.3) is 6.43 Å². The lowest BCUT2D eigenvalue weighted by atomic mass is 9.98. The zero-order valence-corrected chi connectivity index (χ0v) is 17.0. The van der Waals surface area contributed by atoms with Crippen LogP contribution in [0.25, 0.3) is 11.1 Å². The second kappa shape index (κ2) is 8.94. The number of hydrogen-bond donors (Lipinski definition) is 2. The number of carbonyl (C=O) groups excluding carboxylic acids is 2. The number of hydrogen-bond acceptors (Lipinski definition) is 4. The molecule has 2 aromatic carbocycles. The van der Waals surface area contributed by atoms with Crippen molar-refractivity contribution in [1.82, 2.24) is 10.2 Å². The van der Waals surface area contributed by atoms with E-state index in [1.54, 1.807) is 0 Å². The van der Waals surface area contributed by atoms with E-state index in [9.17, 15) is 23.2 Å². The van der Waals surface area contributed by atoms with Gasteiger partial charge in [-0.1, -0.05) is 48.5 Å². The highest BCUT2D eigenvalue weighted by Crippen LogP contribution is 2.44. The van der Waals surface area contributed by atoms with Crippen LogP contribution in [0.2, 0.25) is 0 Å². The van der Waals surface area contributed by atoms with Crippen molar-refractivity contribution in [2.45, 2.75) is 24.8 Å². The number of likely N-dealkylation sites (tertiary alicyclic amines) is 1. The van der Waals surface area contributed by atoms with E-state index >= 15 is 0 Å². The fourth-order valence-corrected chi connectivity index (χ4v) is 4.15. The van der Waals surface area contributed by atoms with Gasteiger partial charge in [0.05, 0.1) is 12.3 Å². The number of benzene rings is 2. The Morgan fingerprint density at radius 3 is 2.12 bits per heavy atom. The maximum atomic E-state index is 13.4. The van der Waals surface area contributed by atoms with Gasteiger partial charge in [-0.05, 0) is 22.3 Å². The van der Waals surface area contributed by atoms with Gasteiger partial charge in [0.1, 0.15) is 12.6 Å². The number of carboxylic acids is 1. The Bertz CT molecular complexity index is 993. The lowest BCUT2D eigenvalue weighted by molar-refractivity contribution is -0.153. The summed E-state index contributed by atoms with van der Waals surface area (Å²) in [4.78, 5) is 36.4. The molecule has 1 heterocycles. The molecule has 2 N–H and O–H groups in total. The number of halogens is 2. The van der Waals surface area contributed by atoms with Gasteiger partial charge < -0.3 is 20.1 Å². The number of aliphatic carboxylic acids is 1. The monoisotopic (exact) mass is 444 g/mol. The minimum atomic E-state index is -2.98. The van der Waals surface area contributed by atoms with Gasteiger partial charge in [-0.15, -0.1) is 0 Å². The molecule has 0 bridgehead atoms. The van der Waals surface area contributed by atoms with E-state index in [4.69, 9.17) is 9.84 Å². The first-order valence-corrected chi connectivity index (χ1v) is 10.3. The summed E-state index contributed by atoms with van der Waals surface area (Å²) in [6, 6.07) is 13.8. The molecule has 1 aliphatic heterocycles. The van der Waals surface area contributed by atoms with Crippen LogP contribution in [0.3, 0.4) is 0 Å². The van der Waals surface area contributed by atoms with Gasteiger partial charge in [0.2, 0.25) is 5.91 Å². The van der Waals surface area contributed by atoms with Crippen molar-refractivity contribution in [3.05, 3.63) is 59.7 Å². The van der Waals surface area contributed by atoms with Crippen molar-refractivity contribution >= 4 is 18.0 Å². The summed E-state index contributed by atoms with van der Waals surface area (Å²) in [6.07, 6.45) is -4.64. The molecule has 0 aromatic heterocycles. The van der Waals surface area contributed by atoms with Crippen LogP contribution in [0.5, 0.6) is 0 Å². The average Bonchev–Trinajstić information content (AvgIpc) is 3.04. The standard InChI is InChI=1S/C23H22F2N2O5/c24-21(25)19(9-20(28)27-10-13(11-27)22(29)30)26-23(31)32-12-18-16-7-3-1-5-14(16)15-6-2-4-8-17(15)18/h1-8,13,18-19,21H,9-12H2,(H,26,31)(H,29,30). The predicted octanol–water partition coefficient (Wildman–Crippen LogP) is 3.09. The van der Waals surface area contributed by atoms with E-state index in [-0.39, 0.29) is 25.6 Å². The zero-order chi connectivity index (χ0) is 22.8. The minimum Gasteiger partial charge on any atom is -0.481 e. The largest absolute Gasteiger partial charge is 0.481 e. The third kappa shape index (κ3) is 4.28. The Morgan fingerprint density at radius 1 is 1.03 bits per heavy atom. The number of ether oxygens (including phenoxy) is 1. The molecule has 0 radical (unpaired) electrons. The first-order chi connectivity index (χ1) is 15.3. The van der Waals surface area contributed by atoms with Gasteiger partial charge in [-0.25, -0.2) is 13.6 Å². The average molecular weight is 444 g/mol. The van der Waals surface area contributed by atoms with Crippen molar-refractivity contribution in [3.8, 4) is 11.1 Å². The third-order valence-corrected chi connectivity index (χ3v) is 5.93. The van der Waals surface area contributed by atoms with Crippen molar-refractivity contribution in [2.75, 3.05) is 19.7 Å². The maximum Gasteiger partial charge on any atom is 0.407 e. The Hall–Kier alpha value is -3.49. The van der Waals surface area contributed by atoms with E-state index in [2.05, 4.69) is 5.32 Å². The van der Waals surface area contributed by atoms with Crippen molar-refractivity contribution in [2.24, 2.45) is 5.92 Å². The van der Waals surface area contributed by atoms with Gasteiger partial charge in [0.15, 0.2) is 0 Å². The topological polar surface area (TPSA) is 95.9 Å². The molecule has 1 fully saturated rings. The van der Waals surface area contributed by atoms with Crippen molar-refractivity contribution < 1.29 is 33.0 Å². The molecule has 2 aromatic rings. The quantitative estimate of drug-likeness (QED) is 0.684. The molecule has 2 amide bonds. The molecule has 168 valence electrons. The van der Waals surface area contributed by atoms with Crippen molar-refractivity contribution in [3.63, 3.8) is 0 Å². The summed E-state index contributed by atoms with van der Waals surface area (Å²) in [5.74, 6) is -2.56. The number of carboxylic acid groups (broad SMARTS) is 1. The minimum absolute atomic E-state index is 0.0188. The van der Waals surface area contributed by atoms with E-state index in [1.165, 1.54) is 4.90 Å². The second-order valence-electron chi connectivity index (χ2n) is 7.95. The number of amides is 2. The van der Waals surface area contributed by atoms with Crippen LogP contribution < -0.4 is 5.32 Å². The van der Waals surface area contributed by atoms with Gasteiger partial charge in [0, 0.05) is 19.0 Å². The van der Waals surface area contributed by atoms with E-state index in [1.807, 2.05) is 48.5 Å². The van der Waals surface area contributed by atoms with Crippen molar-refractivity contribution in [1.29, 1.82) is 0 Å². The Morgan fingerprint density at radius 2 is 1.59 bits per heavy atom. The molecular formula is C23H22F2N2O5. The van der Waals surface area contributed by atoms with Crippen LogP contribution in [0.1, 0.15) is 23.5 Å². The Labute approximate surface area is 183 Å². The number of nitrogens with zero attached hydrogens (tertiary/aromatic N) is 1. The molecule has 1 saturated heterocycles. The number of alkyl halides is 2. The van der Waals surface area contributed by atoms with E-state index < -0.39 is 42.8 Å². The molecule has 1 aliphatic carbocycles.